The highest BCUT2D eigenvalue weighted by Crippen LogP contribution is 2.35. The van der Waals surface area contributed by atoms with Crippen molar-refractivity contribution in [2.75, 3.05) is 19.6 Å². The number of hydrogen-bond acceptors (Lipinski definition) is 10. The minimum absolute atomic E-state index is 0.0129. The third kappa shape index (κ3) is 9.68. The maximum Gasteiger partial charge on any atom is 0.246 e. The van der Waals surface area contributed by atoms with Gasteiger partial charge < -0.3 is 35.6 Å². The van der Waals surface area contributed by atoms with E-state index in [0.717, 1.165) is 51.9 Å². The summed E-state index contributed by atoms with van der Waals surface area (Å²) in [6.45, 7) is 9.11. The fourth-order valence-corrected chi connectivity index (χ4v) is 8.88. The summed E-state index contributed by atoms with van der Waals surface area (Å²) in [6, 6.07) is 15.1. The standard InChI is InChI=1S/C45H54N8O6S/c1-27-40(60-26-48-27)29-17-15-28(16-18-29)21-47-43(58)36-19-31(54)25-53(36)44(59)41(45(2,3)4)49-38(56)13-7-5-6-8-14-39(57)52-23-30(24-52)34-22-46-42-33(34)20-35(50-51-42)32-11-9-10-12-37(32)55/h9-12,15-18,20,22,26,30-31,36,41,54-55H,5-8,13-14,19,21,23-25H2,1-4H3,(H,46,51)(H,47,58)(H,49,56)/t31-,36+,41-/m1/s1. The third-order valence-corrected chi connectivity index (χ3v) is 12.6. The minimum atomic E-state index is -0.886. The Morgan fingerprint density at radius 2 is 1.70 bits per heavy atom. The van der Waals surface area contributed by atoms with Gasteiger partial charge in [0.15, 0.2) is 5.65 Å². The van der Waals surface area contributed by atoms with Gasteiger partial charge in [-0.3, -0.25) is 19.2 Å². The molecule has 0 aliphatic carbocycles. The zero-order chi connectivity index (χ0) is 42.6. The molecule has 0 unspecified atom stereocenters. The number of benzene rings is 2. The van der Waals surface area contributed by atoms with Crippen LogP contribution in [-0.2, 0) is 25.7 Å². The zero-order valence-corrected chi connectivity index (χ0v) is 35.4. The number of aromatic amines is 1. The number of aliphatic hydroxyl groups is 1. The molecule has 0 bridgehead atoms. The quantitative estimate of drug-likeness (QED) is 0.0807. The lowest BCUT2D eigenvalue weighted by molar-refractivity contribution is -0.144. The minimum Gasteiger partial charge on any atom is -0.507 e. The molecule has 0 spiro atoms. The van der Waals surface area contributed by atoms with E-state index in [1.54, 1.807) is 29.5 Å². The highest BCUT2D eigenvalue weighted by molar-refractivity contribution is 7.13. The van der Waals surface area contributed by atoms with Crippen LogP contribution in [0.2, 0.25) is 0 Å². The summed E-state index contributed by atoms with van der Waals surface area (Å²) in [5.41, 5.74) is 7.05. The first kappa shape index (κ1) is 42.5. The topological polar surface area (TPSA) is 194 Å². The molecule has 2 saturated heterocycles. The van der Waals surface area contributed by atoms with Crippen molar-refractivity contribution in [2.45, 2.75) is 103 Å². The number of aryl methyl sites for hydroxylation is 1. The molecule has 2 fully saturated rings. The van der Waals surface area contributed by atoms with Gasteiger partial charge in [-0.15, -0.1) is 21.5 Å². The zero-order valence-electron chi connectivity index (χ0n) is 34.6. The summed E-state index contributed by atoms with van der Waals surface area (Å²) in [5.74, 6) is -0.557. The van der Waals surface area contributed by atoms with Gasteiger partial charge in [0.2, 0.25) is 23.6 Å². The lowest BCUT2D eigenvalue weighted by atomic mass is 9.85. The number of thiazole rings is 1. The fourth-order valence-electron chi connectivity index (χ4n) is 8.07. The number of unbranched alkanes of at least 4 members (excludes halogenated alkanes) is 3. The van der Waals surface area contributed by atoms with Crippen LogP contribution >= 0.6 is 11.3 Å². The van der Waals surface area contributed by atoms with Crippen LogP contribution in [-0.4, -0.2) is 102 Å². The molecule has 14 nitrogen and oxygen atoms in total. The second-order valence-corrected chi connectivity index (χ2v) is 18.0. The number of rotatable bonds is 15. The molecular formula is C45H54N8O6S. The van der Waals surface area contributed by atoms with Gasteiger partial charge in [0.05, 0.1) is 27.9 Å². The average Bonchev–Trinajstić information content (AvgIpc) is 3.94. The second kappa shape index (κ2) is 18.3. The largest absolute Gasteiger partial charge is 0.507 e. The number of β-amino-alcohol motifs (C(OH)–C–C–N with tert-alkyl or cyclic N) is 1. The van der Waals surface area contributed by atoms with E-state index < -0.39 is 23.6 Å². The third-order valence-electron chi connectivity index (χ3n) is 11.6. The van der Waals surface area contributed by atoms with Crippen LogP contribution in [0, 0.1) is 12.3 Å². The lowest BCUT2D eigenvalue weighted by Gasteiger charge is -2.39. The van der Waals surface area contributed by atoms with Crippen LogP contribution in [0.1, 0.15) is 88.5 Å². The number of nitrogens with one attached hydrogen (secondary N) is 3. The Hall–Kier alpha value is -5.67. The number of H-pyrrole nitrogens is 1. The summed E-state index contributed by atoms with van der Waals surface area (Å²) in [4.78, 5) is 65.4. The molecule has 3 atom stereocenters. The summed E-state index contributed by atoms with van der Waals surface area (Å²) < 4.78 is 0. The van der Waals surface area contributed by atoms with Crippen molar-refractivity contribution < 1.29 is 29.4 Å². The normalized spacial score (nSPS) is 17.4. The molecule has 7 rings (SSSR count). The first-order valence-corrected chi connectivity index (χ1v) is 21.6. The SMILES string of the molecule is Cc1ncsc1-c1ccc(CNC(=O)[C@@H]2C[C@@H](O)CN2C(=O)[C@@H](NC(=O)CCCCCCC(=O)N2CC(c3c[nH]c4nnc(-c5ccccc5O)cc34)C2)C(C)(C)C)cc1. The highest BCUT2D eigenvalue weighted by Gasteiger charge is 2.44. The van der Waals surface area contributed by atoms with Crippen molar-refractivity contribution in [1.29, 1.82) is 0 Å². The van der Waals surface area contributed by atoms with Crippen LogP contribution in [0.25, 0.3) is 32.7 Å². The molecule has 5 N–H and O–H groups in total. The number of likely N-dealkylation sites (tertiary alicyclic amines) is 2. The molecule has 3 aromatic heterocycles. The fraction of sp³-hybridized carbons (Fsp3) is 0.444. The van der Waals surface area contributed by atoms with Gasteiger partial charge in [0.25, 0.3) is 0 Å². The van der Waals surface area contributed by atoms with E-state index in [-0.39, 0.29) is 61.2 Å². The number of carbonyl (C=O) groups is 4. The molecule has 2 aliphatic heterocycles. The number of carbonyl (C=O) groups excluding carboxylic acids is 4. The molecule has 316 valence electrons. The van der Waals surface area contributed by atoms with E-state index >= 15 is 0 Å². The van der Waals surface area contributed by atoms with Gasteiger partial charge in [-0.25, -0.2) is 4.98 Å². The molecule has 2 aliphatic rings. The van der Waals surface area contributed by atoms with E-state index in [9.17, 15) is 29.4 Å². The van der Waals surface area contributed by atoms with Crippen molar-refractivity contribution in [1.82, 2.24) is 40.6 Å². The molecule has 0 saturated carbocycles. The average molecular weight is 835 g/mol. The second-order valence-electron chi connectivity index (χ2n) is 17.1. The number of aromatic nitrogens is 4. The van der Waals surface area contributed by atoms with Gasteiger partial charge in [-0.05, 0) is 60.1 Å². The number of amides is 4. The van der Waals surface area contributed by atoms with E-state index in [0.29, 0.717) is 42.8 Å². The Bertz CT molecular complexity index is 2330. The Morgan fingerprint density at radius 3 is 2.40 bits per heavy atom. The molecular weight excluding hydrogens is 781 g/mol. The molecule has 5 aromatic rings. The molecule has 0 radical (unpaired) electrons. The molecule has 60 heavy (non-hydrogen) atoms. The van der Waals surface area contributed by atoms with Crippen LogP contribution in [0.15, 0.2) is 66.3 Å². The van der Waals surface area contributed by atoms with E-state index in [4.69, 9.17) is 0 Å². The highest BCUT2D eigenvalue weighted by atomic mass is 32.1. The van der Waals surface area contributed by atoms with E-state index in [1.807, 2.05) is 80.7 Å². The number of aliphatic hydroxyl groups excluding tert-OH is 1. The van der Waals surface area contributed by atoms with Crippen molar-refractivity contribution in [3.63, 3.8) is 0 Å². The van der Waals surface area contributed by atoms with Gasteiger partial charge in [-0.2, -0.15) is 0 Å². The Morgan fingerprint density at radius 1 is 0.967 bits per heavy atom. The number of fused-ring (bicyclic) bond motifs is 1. The molecule has 5 heterocycles. The number of phenolic OH excluding ortho intramolecular Hbond substituents is 1. The number of aromatic hydroxyl groups is 1. The van der Waals surface area contributed by atoms with Gasteiger partial charge in [0.1, 0.15) is 17.8 Å². The molecule has 2 aromatic carbocycles. The summed E-state index contributed by atoms with van der Waals surface area (Å²) in [7, 11) is 0. The van der Waals surface area contributed by atoms with Crippen molar-refractivity contribution in [3.8, 4) is 27.4 Å². The lowest BCUT2D eigenvalue weighted by Crippen LogP contribution is -2.57. The van der Waals surface area contributed by atoms with E-state index in [1.165, 1.54) is 4.90 Å². The van der Waals surface area contributed by atoms with Crippen molar-refractivity contribution in [3.05, 3.63) is 83.1 Å². The number of nitrogens with zero attached hydrogens (tertiary/aromatic N) is 5. The summed E-state index contributed by atoms with van der Waals surface area (Å²) in [5, 5.41) is 36.2. The predicted octanol–water partition coefficient (Wildman–Crippen LogP) is 5.84. The smallest absolute Gasteiger partial charge is 0.246 e. The predicted molar refractivity (Wildman–Crippen MR) is 230 cm³/mol. The Labute approximate surface area is 353 Å². The monoisotopic (exact) mass is 834 g/mol. The van der Waals surface area contributed by atoms with Gasteiger partial charge in [-0.1, -0.05) is 70.0 Å². The van der Waals surface area contributed by atoms with Crippen LogP contribution < -0.4 is 10.6 Å². The number of para-hydroxylation sites is 1. The van der Waals surface area contributed by atoms with Gasteiger partial charge >= 0.3 is 0 Å². The maximum atomic E-state index is 14.0. The van der Waals surface area contributed by atoms with Crippen molar-refractivity contribution >= 4 is 46.0 Å². The van der Waals surface area contributed by atoms with Crippen LogP contribution in [0.4, 0.5) is 0 Å². The number of hydrogen-bond donors (Lipinski definition) is 5. The van der Waals surface area contributed by atoms with Crippen LogP contribution in [0.5, 0.6) is 5.75 Å². The first-order valence-electron chi connectivity index (χ1n) is 20.7. The Balaban J connectivity index is 0.827. The first-order chi connectivity index (χ1) is 28.8. The van der Waals surface area contributed by atoms with Crippen molar-refractivity contribution in [2.24, 2.45) is 5.41 Å². The summed E-state index contributed by atoms with van der Waals surface area (Å²) >= 11 is 1.58. The number of phenols is 1. The molecule has 4 amide bonds. The maximum absolute atomic E-state index is 14.0. The van der Waals surface area contributed by atoms with Crippen LogP contribution in [0.3, 0.4) is 0 Å². The Kier molecular flexibility index (Phi) is 12.9. The van der Waals surface area contributed by atoms with Gasteiger partial charge in [0, 0.05) is 68.5 Å². The van der Waals surface area contributed by atoms with E-state index in [2.05, 4.69) is 30.8 Å². The summed E-state index contributed by atoms with van der Waals surface area (Å²) in [6.07, 6.45) is 4.76. The molecule has 15 heteroatoms.